The Balaban J connectivity index is 1.88. The lowest BCUT2D eigenvalue weighted by Crippen LogP contribution is -2.27. The molecule has 0 fully saturated rings. The average Bonchev–Trinajstić information content (AvgIpc) is 2.92. The second-order valence-corrected chi connectivity index (χ2v) is 7.65. The molecule has 0 aliphatic carbocycles. The average molecular weight is 480 g/mol. The molecule has 5 heteroatoms. The van der Waals surface area contributed by atoms with Crippen LogP contribution in [0.15, 0.2) is 104 Å². The quantitative estimate of drug-likeness (QED) is 0.327. The Labute approximate surface area is 211 Å². The molecule has 0 unspecified atom stereocenters. The molecule has 3 aromatic rings. The summed E-state index contributed by atoms with van der Waals surface area (Å²) in [5.74, 6) is -0.356. The zero-order valence-corrected chi connectivity index (χ0v) is 20.7. The second-order valence-electron chi connectivity index (χ2n) is 7.65. The minimum Gasteiger partial charge on any atom is -0.423 e. The zero-order chi connectivity index (χ0) is 25.9. The zero-order valence-electron chi connectivity index (χ0n) is 20.7. The molecule has 36 heavy (non-hydrogen) atoms. The molecule has 0 saturated carbocycles. The molecule has 0 atom stereocenters. The highest BCUT2D eigenvalue weighted by atomic mass is 16.5. The lowest BCUT2D eigenvalue weighted by atomic mass is 10.1. The Morgan fingerprint density at radius 3 is 2.17 bits per heavy atom. The highest BCUT2D eigenvalue weighted by molar-refractivity contribution is 5.98. The van der Waals surface area contributed by atoms with Crippen molar-refractivity contribution in [3.8, 4) is 0 Å². The van der Waals surface area contributed by atoms with Crippen molar-refractivity contribution in [1.29, 1.82) is 0 Å². The molecule has 3 aromatic carbocycles. The van der Waals surface area contributed by atoms with E-state index < -0.39 is 11.9 Å². The van der Waals surface area contributed by atoms with Crippen LogP contribution in [0.25, 0.3) is 17.6 Å². The number of hydrogen-bond acceptors (Lipinski definition) is 5. The van der Waals surface area contributed by atoms with Gasteiger partial charge in [-0.2, -0.15) is 0 Å². The largest absolute Gasteiger partial charge is 0.423 e. The third kappa shape index (κ3) is 6.27. The van der Waals surface area contributed by atoms with Crippen molar-refractivity contribution in [2.45, 2.75) is 20.8 Å². The summed E-state index contributed by atoms with van der Waals surface area (Å²) in [4.78, 5) is 26.0. The maximum atomic E-state index is 13.0. The number of benzene rings is 3. The second kappa shape index (κ2) is 12.7. The molecular weight excluding hydrogens is 450 g/mol. The fraction of sp³-hybridized carbons (Fsp3) is 0.0968. The van der Waals surface area contributed by atoms with Gasteiger partial charge < -0.3 is 14.8 Å². The van der Waals surface area contributed by atoms with E-state index in [1.807, 2.05) is 68.5 Å². The molecule has 0 heterocycles. The molecule has 0 aliphatic heterocycles. The van der Waals surface area contributed by atoms with E-state index in [0.29, 0.717) is 17.1 Å². The number of ether oxygens (including phenoxy) is 2. The van der Waals surface area contributed by atoms with Gasteiger partial charge in [0.1, 0.15) is 11.5 Å². The number of rotatable bonds is 8. The van der Waals surface area contributed by atoms with Gasteiger partial charge in [0.25, 0.3) is 0 Å². The van der Waals surface area contributed by atoms with Crippen LogP contribution in [-0.4, -0.2) is 11.9 Å². The van der Waals surface area contributed by atoms with Gasteiger partial charge in [0.15, 0.2) is 0 Å². The smallest absolute Gasteiger partial charge is 0.343 e. The number of carbonyl (C=O) groups is 2. The van der Waals surface area contributed by atoms with Crippen LogP contribution in [0.5, 0.6) is 0 Å². The Morgan fingerprint density at radius 2 is 1.50 bits per heavy atom. The van der Waals surface area contributed by atoms with Gasteiger partial charge in [0.2, 0.25) is 0 Å². The maximum Gasteiger partial charge on any atom is 0.343 e. The van der Waals surface area contributed by atoms with Gasteiger partial charge in [0, 0.05) is 16.5 Å². The summed E-state index contributed by atoms with van der Waals surface area (Å²) in [5, 5.41) is 4.78. The molecule has 0 saturated heterocycles. The van der Waals surface area contributed by atoms with Crippen LogP contribution >= 0.6 is 0 Å². The normalized spacial score (nSPS) is 12.8. The standard InChI is InChI=1S/C31H29NO4/c1-5-14-29(25-18-10-9-15-22(25)6-2)36-31(34)24-17-13-16-23(21-24)30(33)35-28(7-3)26-19-11-12-20-27(26)32-8-4/h5-21,32H,4H2,1-3H3/b14-5-,22-6-,28-7+,29-25+. The predicted molar refractivity (Wildman–Crippen MR) is 145 cm³/mol. The first kappa shape index (κ1) is 26.0. The number of esters is 2. The first-order valence-corrected chi connectivity index (χ1v) is 11.6. The third-order valence-corrected chi connectivity index (χ3v) is 5.31. The fourth-order valence-electron chi connectivity index (χ4n) is 3.60. The van der Waals surface area contributed by atoms with Gasteiger partial charge >= 0.3 is 11.9 Å². The summed E-state index contributed by atoms with van der Waals surface area (Å²) in [7, 11) is 0. The van der Waals surface area contributed by atoms with Crippen LogP contribution in [0, 0.1) is 0 Å². The van der Waals surface area contributed by atoms with Crippen LogP contribution in [0.2, 0.25) is 0 Å². The van der Waals surface area contributed by atoms with Crippen molar-refractivity contribution in [3.63, 3.8) is 0 Å². The van der Waals surface area contributed by atoms with E-state index in [9.17, 15) is 9.59 Å². The molecule has 5 nitrogen and oxygen atoms in total. The first-order chi connectivity index (χ1) is 17.5. The molecule has 0 bridgehead atoms. The van der Waals surface area contributed by atoms with Gasteiger partial charge in [-0.3, -0.25) is 0 Å². The number of para-hydroxylation sites is 1. The number of anilines is 1. The minimum atomic E-state index is -0.588. The Hall–Kier alpha value is -4.64. The number of hydrogen-bond donors (Lipinski definition) is 1. The summed E-state index contributed by atoms with van der Waals surface area (Å²) in [5.41, 5.74) is 1.93. The summed E-state index contributed by atoms with van der Waals surface area (Å²) in [6.07, 6.45) is 8.76. The van der Waals surface area contributed by atoms with Gasteiger partial charge in [-0.25, -0.2) is 9.59 Å². The number of carbonyl (C=O) groups excluding carboxylic acids is 2. The van der Waals surface area contributed by atoms with Crippen molar-refractivity contribution >= 4 is 35.2 Å². The van der Waals surface area contributed by atoms with E-state index in [0.717, 1.165) is 16.1 Å². The molecule has 0 aliphatic rings. The van der Waals surface area contributed by atoms with Gasteiger partial charge in [-0.1, -0.05) is 61.2 Å². The lowest BCUT2D eigenvalue weighted by molar-refractivity contribution is 0.0691. The highest BCUT2D eigenvalue weighted by Crippen LogP contribution is 2.26. The number of nitrogens with one attached hydrogen (secondary N) is 1. The van der Waals surface area contributed by atoms with Crippen LogP contribution in [0.4, 0.5) is 5.69 Å². The van der Waals surface area contributed by atoms with E-state index in [2.05, 4.69) is 11.9 Å². The predicted octanol–water partition coefficient (Wildman–Crippen LogP) is 5.80. The summed E-state index contributed by atoms with van der Waals surface area (Å²) in [6.45, 7) is 9.25. The molecule has 1 N–H and O–H groups in total. The van der Waals surface area contributed by atoms with Crippen LogP contribution in [0.3, 0.4) is 0 Å². The Kier molecular flexibility index (Phi) is 9.18. The summed E-state index contributed by atoms with van der Waals surface area (Å²) in [6, 6.07) is 21.4. The Morgan fingerprint density at radius 1 is 0.833 bits per heavy atom. The monoisotopic (exact) mass is 479 g/mol. The topological polar surface area (TPSA) is 64.6 Å². The van der Waals surface area contributed by atoms with E-state index in [1.165, 1.54) is 6.07 Å². The van der Waals surface area contributed by atoms with Gasteiger partial charge in [-0.05, 0) is 74.7 Å². The van der Waals surface area contributed by atoms with Crippen LogP contribution in [-0.2, 0) is 9.47 Å². The summed E-state index contributed by atoms with van der Waals surface area (Å²) >= 11 is 0. The van der Waals surface area contributed by atoms with Crippen molar-refractivity contribution in [2.24, 2.45) is 0 Å². The van der Waals surface area contributed by atoms with Crippen molar-refractivity contribution in [1.82, 2.24) is 0 Å². The number of allylic oxidation sites excluding steroid dienone is 2. The molecule has 3 rings (SSSR count). The molecule has 0 amide bonds. The molecule has 0 spiro atoms. The molecule has 0 radical (unpaired) electrons. The van der Waals surface area contributed by atoms with Gasteiger partial charge in [-0.15, -0.1) is 0 Å². The lowest BCUT2D eigenvalue weighted by Gasteiger charge is -2.13. The maximum absolute atomic E-state index is 13.0. The minimum absolute atomic E-state index is 0.229. The van der Waals surface area contributed by atoms with Crippen molar-refractivity contribution in [3.05, 3.63) is 131 Å². The summed E-state index contributed by atoms with van der Waals surface area (Å²) < 4.78 is 11.4. The third-order valence-electron chi connectivity index (χ3n) is 5.31. The van der Waals surface area contributed by atoms with Crippen molar-refractivity contribution < 1.29 is 19.1 Å². The first-order valence-electron chi connectivity index (χ1n) is 11.6. The molecule has 0 aromatic heterocycles. The Bertz CT molecular complexity index is 1450. The SMILES string of the molecule is C=CNc1ccccc1/C(=C\C)OC(=O)c1cccc(C(=O)OC(/C=C\C)=c2\cccc\c2=C\C)c1. The van der Waals surface area contributed by atoms with E-state index in [1.54, 1.807) is 49.6 Å². The highest BCUT2D eigenvalue weighted by Gasteiger charge is 2.17. The van der Waals surface area contributed by atoms with Crippen LogP contribution in [0.1, 0.15) is 47.1 Å². The van der Waals surface area contributed by atoms with E-state index in [4.69, 9.17) is 9.47 Å². The van der Waals surface area contributed by atoms with Crippen molar-refractivity contribution in [2.75, 3.05) is 5.32 Å². The van der Waals surface area contributed by atoms with Gasteiger partial charge in [0.05, 0.1) is 11.1 Å². The van der Waals surface area contributed by atoms with E-state index >= 15 is 0 Å². The van der Waals surface area contributed by atoms with Crippen LogP contribution < -0.4 is 15.8 Å². The fourth-order valence-corrected chi connectivity index (χ4v) is 3.60. The molecule has 182 valence electrons. The molecular formula is C31H29NO4. The van der Waals surface area contributed by atoms with E-state index in [-0.39, 0.29) is 11.1 Å².